The van der Waals surface area contributed by atoms with Crippen molar-refractivity contribution in [3.8, 4) is 0 Å². The minimum atomic E-state index is -0.513. The maximum absolute atomic E-state index is 14.0. The van der Waals surface area contributed by atoms with Crippen LogP contribution in [0.3, 0.4) is 0 Å². The van der Waals surface area contributed by atoms with Crippen molar-refractivity contribution in [3.63, 3.8) is 0 Å². The van der Waals surface area contributed by atoms with Crippen molar-refractivity contribution in [1.82, 2.24) is 10.2 Å². The fourth-order valence-corrected chi connectivity index (χ4v) is 3.71. The molecule has 2 atom stereocenters. The number of benzene rings is 2. The summed E-state index contributed by atoms with van der Waals surface area (Å²) < 4.78 is 14.0. The van der Waals surface area contributed by atoms with Crippen LogP contribution in [-0.4, -0.2) is 43.9 Å². The highest BCUT2D eigenvalue weighted by molar-refractivity contribution is 6.31. The summed E-state index contributed by atoms with van der Waals surface area (Å²) in [6, 6.07) is 13.5. The van der Waals surface area contributed by atoms with E-state index in [1.54, 1.807) is 18.2 Å². The highest BCUT2D eigenvalue weighted by Crippen LogP contribution is 2.28. The van der Waals surface area contributed by atoms with E-state index in [0.29, 0.717) is 11.6 Å². The topological polar surface area (TPSA) is 52.7 Å². The van der Waals surface area contributed by atoms with Crippen LogP contribution in [0.4, 0.5) is 10.1 Å². The van der Waals surface area contributed by atoms with Crippen LogP contribution in [0.25, 0.3) is 0 Å². The molecule has 28 heavy (non-hydrogen) atoms. The third-order valence-electron chi connectivity index (χ3n) is 5.00. The van der Waals surface area contributed by atoms with Crippen LogP contribution in [0.15, 0.2) is 48.5 Å². The highest BCUT2D eigenvalue weighted by atomic mass is 35.5. The number of rotatable bonds is 6. The molecule has 0 radical (unpaired) electrons. The van der Waals surface area contributed by atoms with Gasteiger partial charge in [0.05, 0.1) is 17.6 Å². The summed E-state index contributed by atoms with van der Waals surface area (Å²) in [7, 11) is 3.83. The normalized spacial score (nSPS) is 17.8. The molecule has 2 aromatic carbocycles. The van der Waals surface area contributed by atoms with E-state index >= 15 is 0 Å². The zero-order valence-corrected chi connectivity index (χ0v) is 16.6. The van der Waals surface area contributed by atoms with E-state index < -0.39 is 11.7 Å². The minimum absolute atomic E-state index is 0.0683. The van der Waals surface area contributed by atoms with Gasteiger partial charge in [-0.1, -0.05) is 41.9 Å². The number of carbonyl (C=O) groups excluding carboxylic acids is 2. The standard InChI is InChI=1S/C21H23ClFN3O2/c1-25(2)19(15-7-3-4-8-16(15)22)12-24-21(28)14-11-20(27)26(13-14)18-10-6-5-9-17(18)23/h3-10,14,19H,11-13H2,1-2H3,(H,24,28). The fraction of sp³-hybridized carbons (Fsp3) is 0.333. The number of hydrogen-bond acceptors (Lipinski definition) is 3. The monoisotopic (exact) mass is 403 g/mol. The summed E-state index contributed by atoms with van der Waals surface area (Å²) in [6.07, 6.45) is 0.0683. The first-order valence-corrected chi connectivity index (χ1v) is 9.49. The molecule has 1 heterocycles. The van der Waals surface area contributed by atoms with Crippen molar-refractivity contribution in [2.45, 2.75) is 12.5 Å². The Hall–Kier alpha value is -2.44. The first-order chi connectivity index (χ1) is 13.4. The third kappa shape index (κ3) is 4.34. The Kier molecular flexibility index (Phi) is 6.31. The molecule has 2 aromatic rings. The van der Waals surface area contributed by atoms with Crippen LogP contribution in [0.5, 0.6) is 0 Å². The highest BCUT2D eigenvalue weighted by Gasteiger charge is 2.36. The summed E-state index contributed by atoms with van der Waals surface area (Å²) in [5.41, 5.74) is 1.13. The molecular weight excluding hydrogens is 381 g/mol. The molecule has 0 spiro atoms. The molecule has 3 rings (SSSR count). The predicted molar refractivity (Wildman–Crippen MR) is 108 cm³/mol. The zero-order chi connectivity index (χ0) is 20.3. The van der Waals surface area contributed by atoms with E-state index in [-0.39, 0.29) is 36.5 Å². The lowest BCUT2D eigenvalue weighted by molar-refractivity contribution is -0.126. The quantitative estimate of drug-likeness (QED) is 0.805. The summed E-state index contributed by atoms with van der Waals surface area (Å²) >= 11 is 6.30. The third-order valence-corrected chi connectivity index (χ3v) is 5.34. The van der Waals surface area contributed by atoms with Crippen LogP contribution < -0.4 is 10.2 Å². The summed E-state index contributed by atoms with van der Waals surface area (Å²) in [4.78, 5) is 28.3. The molecular formula is C21H23ClFN3O2. The van der Waals surface area contributed by atoms with Crippen LogP contribution in [-0.2, 0) is 9.59 Å². The number of nitrogens with zero attached hydrogens (tertiary/aromatic N) is 2. The molecule has 7 heteroatoms. The second-order valence-electron chi connectivity index (χ2n) is 7.10. The van der Waals surface area contributed by atoms with Crippen LogP contribution in [0, 0.1) is 11.7 Å². The van der Waals surface area contributed by atoms with Crippen LogP contribution >= 0.6 is 11.6 Å². The van der Waals surface area contributed by atoms with E-state index in [2.05, 4.69) is 5.32 Å². The Bertz CT molecular complexity index is 874. The van der Waals surface area contributed by atoms with Crippen molar-refractivity contribution >= 4 is 29.1 Å². The van der Waals surface area contributed by atoms with Gasteiger partial charge in [-0.05, 0) is 37.9 Å². The van der Waals surface area contributed by atoms with Gasteiger partial charge in [0.25, 0.3) is 0 Å². The van der Waals surface area contributed by atoms with Gasteiger partial charge in [-0.3, -0.25) is 9.59 Å². The number of halogens is 2. The molecule has 0 saturated carbocycles. The Morgan fingerprint density at radius 1 is 1.25 bits per heavy atom. The second kappa shape index (κ2) is 8.71. The average Bonchev–Trinajstić information content (AvgIpc) is 3.05. The van der Waals surface area contributed by atoms with Gasteiger partial charge in [0.1, 0.15) is 5.82 Å². The van der Waals surface area contributed by atoms with Gasteiger partial charge < -0.3 is 15.1 Å². The van der Waals surface area contributed by atoms with Gasteiger partial charge in [0.2, 0.25) is 11.8 Å². The molecule has 0 aromatic heterocycles. The second-order valence-corrected chi connectivity index (χ2v) is 7.51. The smallest absolute Gasteiger partial charge is 0.227 e. The number of para-hydroxylation sites is 1. The lowest BCUT2D eigenvalue weighted by atomic mass is 10.0. The number of likely N-dealkylation sites (N-methyl/N-ethyl adjacent to an activating group) is 1. The predicted octanol–water partition coefficient (Wildman–Crippen LogP) is 3.25. The lowest BCUT2D eigenvalue weighted by Crippen LogP contribution is -2.38. The first kappa shape index (κ1) is 20.3. The Morgan fingerprint density at radius 2 is 1.93 bits per heavy atom. The van der Waals surface area contributed by atoms with Gasteiger partial charge >= 0.3 is 0 Å². The van der Waals surface area contributed by atoms with Gasteiger partial charge in [-0.25, -0.2) is 4.39 Å². The molecule has 1 aliphatic heterocycles. The SMILES string of the molecule is CN(C)C(CNC(=O)C1CC(=O)N(c2ccccc2F)C1)c1ccccc1Cl. The Morgan fingerprint density at radius 3 is 2.61 bits per heavy atom. The van der Waals surface area contributed by atoms with E-state index in [1.807, 2.05) is 43.3 Å². The van der Waals surface area contributed by atoms with Gasteiger partial charge in [-0.2, -0.15) is 0 Å². The van der Waals surface area contributed by atoms with E-state index in [1.165, 1.54) is 11.0 Å². The number of carbonyl (C=O) groups is 2. The molecule has 0 bridgehead atoms. The maximum atomic E-state index is 14.0. The van der Waals surface area contributed by atoms with Crippen molar-refractivity contribution in [2.24, 2.45) is 5.92 Å². The lowest BCUT2D eigenvalue weighted by Gasteiger charge is -2.26. The van der Waals surface area contributed by atoms with E-state index in [4.69, 9.17) is 11.6 Å². The van der Waals surface area contributed by atoms with Gasteiger partial charge in [0, 0.05) is 24.5 Å². The molecule has 1 fully saturated rings. The summed E-state index contributed by atoms with van der Waals surface area (Å²) in [5.74, 6) is -1.45. The molecule has 0 aliphatic carbocycles. The molecule has 2 amide bonds. The van der Waals surface area contributed by atoms with Crippen molar-refractivity contribution in [1.29, 1.82) is 0 Å². The van der Waals surface area contributed by atoms with Gasteiger partial charge in [-0.15, -0.1) is 0 Å². The van der Waals surface area contributed by atoms with Crippen molar-refractivity contribution in [2.75, 3.05) is 32.1 Å². The largest absolute Gasteiger partial charge is 0.354 e. The minimum Gasteiger partial charge on any atom is -0.354 e. The fourth-order valence-electron chi connectivity index (χ4n) is 3.44. The molecule has 1 aliphatic rings. The average molecular weight is 404 g/mol. The summed E-state index contributed by atoms with van der Waals surface area (Å²) in [5, 5.41) is 3.56. The zero-order valence-electron chi connectivity index (χ0n) is 15.9. The van der Waals surface area contributed by atoms with Crippen LogP contribution in [0.2, 0.25) is 5.02 Å². The Labute approximate surface area is 169 Å². The van der Waals surface area contributed by atoms with Crippen molar-refractivity contribution < 1.29 is 14.0 Å². The summed E-state index contributed by atoms with van der Waals surface area (Å²) in [6.45, 7) is 0.532. The molecule has 148 valence electrons. The first-order valence-electron chi connectivity index (χ1n) is 9.12. The number of amides is 2. The molecule has 2 unspecified atom stereocenters. The number of hydrogen-bond donors (Lipinski definition) is 1. The van der Waals surface area contributed by atoms with Crippen LogP contribution in [0.1, 0.15) is 18.0 Å². The van der Waals surface area contributed by atoms with E-state index in [0.717, 1.165) is 5.56 Å². The molecule has 1 N–H and O–H groups in total. The number of nitrogens with one attached hydrogen (secondary N) is 1. The number of anilines is 1. The maximum Gasteiger partial charge on any atom is 0.227 e. The van der Waals surface area contributed by atoms with E-state index in [9.17, 15) is 14.0 Å². The van der Waals surface area contributed by atoms with Crippen molar-refractivity contribution in [3.05, 3.63) is 64.9 Å². The molecule has 5 nitrogen and oxygen atoms in total. The molecule has 1 saturated heterocycles. The van der Waals surface area contributed by atoms with Gasteiger partial charge in [0.15, 0.2) is 0 Å². The Balaban J connectivity index is 1.66.